The smallest absolute Gasteiger partial charge is 0.156 e. The third kappa shape index (κ3) is 0.757. The first kappa shape index (κ1) is 7.55. The zero-order chi connectivity index (χ0) is 9.05. The van der Waals surface area contributed by atoms with E-state index in [9.17, 15) is 4.79 Å². The molecule has 3 aliphatic rings. The molecule has 0 aromatic carbocycles. The summed E-state index contributed by atoms with van der Waals surface area (Å²) in [6, 6.07) is 2.27. The highest BCUT2D eigenvalue weighted by atomic mass is 16.1. The Kier molecular flexibility index (Phi) is 1.25. The van der Waals surface area contributed by atoms with Crippen molar-refractivity contribution < 1.29 is 4.79 Å². The molecule has 13 heavy (non-hydrogen) atoms. The van der Waals surface area contributed by atoms with Gasteiger partial charge < -0.3 is 0 Å². The maximum absolute atomic E-state index is 12.0. The van der Waals surface area contributed by atoms with Crippen molar-refractivity contribution in [1.29, 1.82) is 5.26 Å². The topological polar surface area (TPSA) is 40.9 Å². The van der Waals surface area contributed by atoms with Gasteiger partial charge in [0.25, 0.3) is 0 Å². The molecular formula is C11H13NO. The van der Waals surface area contributed by atoms with Crippen LogP contribution in [-0.2, 0) is 4.79 Å². The van der Waals surface area contributed by atoms with Gasteiger partial charge in [0.15, 0.2) is 5.78 Å². The molecule has 0 amide bonds. The second kappa shape index (κ2) is 2.15. The van der Waals surface area contributed by atoms with Crippen LogP contribution in [0.15, 0.2) is 0 Å². The van der Waals surface area contributed by atoms with Crippen LogP contribution in [0.4, 0.5) is 0 Å². The maximum atomic E-state index is 12.0. The predicted octanol–water partition coefficient (Wildman–Crippen LogP) is 1.91. The van der Waals surface area contributed by atoms with Gasteiger partial charge in [-0.15, -0.1) is 0 Å². The minimum atomic E-state index is -0.495. The van der Waals surface area contributed by atoms with Crippen molar-refractivity contribution in [3.63, 3.8) is 0 Å². The van der Waals surface area contributed by atoms with Crippen molar-refractivity contribution in [2.75, 3.05) is 0 Å². The van der Waals surface area contributed by atoms with Crippen LogP contribution in [0.25, 0.3) is 0 Å². The van der Waals surface area contributed by atoms with Crippen molar-refractivity contribution in [3.05, 3.63) is 0 Å². The molecule has 0 spiro atoms. The normalized spacial score (nSPS) is 52.2. The van der Waals surface area contributed by atoms with Crippen LogP contribution in [-0.4, -0.2) is 5.78 Å². The van der Waals surface area contributed by atoms with E-state index in [0.29, 0.717) is 17.6 Å². The van der Waals surface area contributed by atoms with E-state index in [1.54, 1.807) is 0 Å². The molecule has 0 unspecified atom stereocenters. The second-order valence-corrected chi connectivity index (χ2v) is 4.88. The van der Waals surface area contributed by atoms with Gasteiger partial charge in [0.1, 0.15) is 5.41 Å². The van der Waals surface area contributed by atoms with Gasteiger partial charge in [-0.3, -0.25) is 4.79 Å². The molecule has 3 rings (SSSR count). The average Bonchev–Trinajstić information content (AvgIpc) is 2.66. The van der Waals surface area contributed by atoms with Crippen molar-refractivity contribution >= 4 is 5.78 Å². The summed E-state index contributed by atoms with van der Waals surface area (Å²) in [6.07, 6.45) is 5.52. The number of carbonyl (C=O) groups excluding carboxylic acids is 1. The molecule has 0 aliphatic heterocycles. The number of rotatable bonds is 0. The van der Waals surface area contributed by atoms with E-state index in [4.69, 9.17) is 5.26 Å². The van der Waals surface area contributed by atoms with Crippen LogP contribution in [0.1, 0.15) is 32.1 Å². The molecule has 3 fully saturated rings. The Morgan fingerprint density at radius 1 is 1.46 bits per heavy atom. The Labute approximate surface area is 77.9 Å². The fraction of sp³-hybridized carbons (Fsp3) is 0.818. The van der Waals surface area contributed by atoms with Crippen LogP contribution >= 0.6 is 0 Å². The fourth-order valence-electron chi connectivity index (χ4n) is 3.47. The Bertz CT molecular complexity index is 317. The summed E-state index contributed by atoms with van der Waals surface area (Å²) in [5.41, 5.74) is -0.495. The van der Waals surface area contributed by atoms with E-state index in [0.717, 1.165) is 19.3 Å². The van der Waals surface area contributed by atoms with Crippen molar-refractivity contribution in [2.24, 2.45) is 23.2 Å². The van der Waals surface area contributed by atoms with Gasteiger partial charge in [0, 0.05) is 5.92 Å². The Morgan fingerprint density at radius 3 is 3.08 bits per heavy atom. The van der Waals surface area contributed by atoms with Gasteiger partial charge >= 0.3 is 0 Å². The van der Waals surface area contributed by atoms with E-state index in [1.165, 1.54) is 12.8 Å². The molecule has 2 nitrogen and oxygen atoms in total. The Morgan fingerprint density at radius 2 is 2.31 bits per heavy atom. The van der Waals surface area contributed by atoms with Gasteiger partial charge in [0.2, 0.25) is 0 Å². The van der Waals surface area contributed by atoms with E-state index in [1.807, 2.05) is 0 Å². The molecule has 0 bridgehead atoms. The van der Waals surface area contributed by atoms with Crippen LogP contribution in [0, 0.1) is 34.5 Å². The molecular weight excluding hydrogens is 162 g/mol. The lowest BCUT2D eigenvalue weighted by atomic mass is 9.75. The van der Waals surface area contributed by atoms with Crippen molar-refractivity contribution in [3.8, 4) is 6.07 Å². The fourth-order valence-corrected chi connectivity index (χ4v) is 3.47. The summed E-state index contributed by atoms with van der Waals surface area (Å²) in [5, 5.41) is 9.01. The molecule has 0 aromatic rings. The number of fused-ring (bicyclic) bond motifs is 2. The Balaban J connectivity index is 1.95. The molecule has 0 saturated heterocycles. The highest BCUT2D eigenvalue weighted by Crippen LogP contribution is 2.63. The number of ketones is 1. The monoisotopic (exact) mass is 175 g/mol. The lowest BCUT2D eigenvalue weighted by Gasteiger charge is -2.26. The SMILES string of the molecule is N#C[C@]12C[C@H]1C[C@H]1CCC[C@@H]1C2=O. The highest BCUT2D eigenvalue weighted by Gasteiger charge is 2.66. The zero-order valence-corrected chi connectivity index (χ0v) is 7.62. The van der Waals surface area contributed by atoms with Crippen LogP contribution < -0.4 is 0 Å². The lowest BCUT2D eigenvalue weighted by Crippen LogP contribution is -2.33. The summed E-state index contributed by atoms with van der Waals surface area (Å²) in [6.45, 7) is 0. The third-order valence-electron chi connectivity index (χ3n) is 4.33. The molecule has 0 aromatic heterocycles. The molecule has 4 atom stereocenters. The van der Waals surface area contributed by atoms with Crippen molar-refractivity contribution in [2.45, 2.75) is 32.1 Å². The largest absolute Gasteiger partial charge is 0.298 e. The summed E-state index contributed by atoms with van der Waals surface area (Å²) in [4.78, 5) is 12.0. The molecule has 2 heteroatoms. The van der Waals surface area contributed by atoms with E-state index in [-0.39, 0.29) is 5.92 Å². The minimum absolute atomic E-state index is 0.262. The first-order valence-electron chi connectivity index (χ1n) is 5.23. The summed E-state index contributed by atoms with van der Waals surface area (Å²) >= 11 is 0. The summed E-state index contributed by atoms with van der Waals surface area (Å²) < 4.78 is 0. The van der Waals surface area contributed by atoms with Crippen molar-refractivity contribution in [1.82, 2.24) is 0 Å². The van der Waals surface area contributed by atoms with Gasteiger partial charge in [-0.25, -0.2) is 0 Å². The molecule has 3 aliphatic carbocycles. The third-order valence-corrected chi connectivity index (χ3v) is 4.33. The first-order chi connectivity index (χ1) is 6.28. The standard InChI is InChI=1S/C11H13NO/c12-6-11-5-8(11)4-7-2-1-3-9(7)10(11)13/h7-9H,1-5H2/t7-,8-,9+,11-/m1/s1. The minimum Gasteiger partial charge on any atom is -0.298 e. The quantitative estimate of drug-likeness (QED) is 0.564. The van der Waals surface area contributed by atoms with E-state index < -0.39 is 5.41 Å². The zero-order valence-electron chi connectivity index (χ0n) is 7.62. The van der Waals surface area contributed by atoms with E-state index >= 15 is 0 Å². The highest BCUT2D eigenvalue weighted by molar-refractivity contribution is 5.94. The van der Waals surface area contributed by atoms with E-state index in [2.05, 4.69) is 6.07 Å². The number of hydrogen-bond donors (Lipinski definition) is 0. The first-order valence-corrected chi connectivity index (χ1v) is 5.23. The van der Waals surface area contributed by atoms with Gasteiger partial charge in [-0.05, 0) is 37.5 Å². The number of carbonyl (C=O) groups is 1. The van der Waals surface area contributed by atoms with Gasteiger partial charge in [0.05, 0.1) is 6.07 Å². The maximum Gasteiger partial charge on any atom is 0.156 e. The van der Waals surface area contributed by atoms with Crippen LogP contribution in [0.2, 0.25) is 0 Å². The second-order valence-electron chi connectivity index (χ2n) is 4.88. The molecule has 68 valence electrons. The Hall–Kier alpha value is -0.840. The average molecular weight is 175 g/mol. The summed E-state index contributed by atoms with van der Waals surface area (Å²) in [7, 11) is 0. The molecule has 0 heterocycles. The van der Waals surface area contributed by atoms with Gasteiger partial charge in [-0.1, -0.05) is 6.42 Å². The van der Waals surface area contributed by atoms with Crippen LogP contribution in [0.5, 0.6) is 0 Å². The molecule has 0 radical (unpaired) electrons. The number of Topliss-reactive ketones (excluding diaryl/α,β-unsaturated/α-hetero) is 1. The predicted molar refractivity (Wildman–Crippen MR) is 46.6 cm³/mol. The van der Waals surface area contributed by atoms with Gasteiger partial charge in [-0.2, -0.15) is 5.26 Å². The summed E-state index contributed by atoms with van der Waals surface area (Å²) in [5.74, 6) is 1.64. The lowest BCUT2D eigenvalue weighted by molar-refractivity contribution is -0.129. The molecule has 0 N–H and O–H groups in total. The number of hydrogen-bond acceptors (Lipinski definition) is 2. The number of nitrogens with zero attached hydrogens (tertiary/aromatic N) is 1. The van der Waals surface area contributed by atoms with Crippen LogP contribution in [0.3, 0.4) is 0 Å². The number of nitriles is 1. The molecule has 3 saturated carbocycles.